The number of methoxy groups -OCH3 is 1. The average molecular weight is 341 g/mol. The first kappa shape index (κ1) is 19.7. The van der Waals surface area contributed by atoms with Crippen molar-refractivity contribution in [1.82, 2.24) is 0 Å². The highest BCUT2D eigenvalue weighted by Crippen LogP contribution is 2.27. The van der Waals surface area contributed by atoms with E-state index in [-0.39, 0.29) is 24.1 Å². The number of esters is 1. The van der Waals surface area contributed by atoms with Crippen molar-refractivity contribution in [3.05, 3.63) is 0 Å². The van der Waals surface area contributed by atoms with Crippen molar-refractivity contribution < 1.29 is 19.4 Å². The van der Waals surface area contributed by atoms with Gasteiger partial charge < -0.3 is 14.6 Å². The van der Waals surface area contributed by atoms with Gasteiger partial charge >= 0.3 is 5.97 Å². The fourth-order valence-corrected chi connectivity index (χ4v) is 4.06. The molecule has 140 valence electrons. The van der Waals surface area contributed by atoms with Gasteiger partial charge in [-0.1, -0.05) is 38.5 Å². The zero-order chi connectivity index (χ0) is 17.2. The van der Waals surface area contributed by atoms with Gasteiger partial charge in [-0.2, -0.15) is 0 Å². The molecule has 0 atom stereocenters. The summed E-state index contributed by atoms with van der Waals surface area (Å²) >= 11 is 0. The molecule has 4 nitrogen and oxygen atoms in total. The Kier molecular flexibility index (Phi) is 9.11. The molecule has 0 amide bonds. The van der Waals surface area contributed by atoms with E-state index in [1.54, 1.807) is 0 Å². The molecular weight excluding hydrogens is 304 g/mol. The van der Waals surface area contributed by atoms with Crippen molar-refractivity contribution in [3.8, 4) is 0 Å². The van der Waals surface area contributed by atoms with E-state index in [0.29, 0.717) is 6.10 Å². The Labute approximate surface area is 147 Å². The van der Waals surface area contributed by atoms with Gasteiger partial charge in [-0.3, -0.25) is 4.79 Å². The first-order valence-corrected chi connectivity index (χ1v) is 10.1. The van der Waals surface area contributed by atoms with E-state index in [1.807, 2.05) is 7.11 Å². The maximum atomic E-state index is 11.9. The smallest absolute Gasteiger partial charge is 0.309 e. The minimum Gasteiger partial charge on any atom is -0.462 e. The van der Waals surface area contributed by atoms with E-state index in [2.05, 4.69) is 0 Å². The zero-order valence-corrected chi connectivity index (χ0v) is 15.4. The molecule has 24 heavy (non-hydrogen) atoms. The molecule has 0 aromatic carbocycles. The summed E-state index contributed by atoms with van der Waals surface area (Å²) in [5, 5.41) is 9.37. The number of rotatable bonds is 3. The van der Waals surface area contributed by atoms with Gasteiger partial charge in [-0.05, 0) is 51.4 Å². The monoisotopic (exact) mass is 340 g/mol. The first-order chi connectivity index (χ1) is 11.7. The number of aliphatic hydroxyl groups is 1. The number of hydrogen-bond donors (Lipinski definition) is 1. The molecule has 0 bridgehead atoms. The van der Waals surface area contributed by atoms with Gasteiger partial charge in [0.2, 0.25) is 0 Å². The van der Waals surface area contributed by atoms with Crippen molar-refractivity contribution in [1.29, 1.82) is 0 Å². The molecule has 4 heteroatoms. The Morgan fingerprint density at radius 1 is 0.750 bits per heavy atom. The Balaban J connectivity index is 0.000000219. The summed E-state index contributed by atoms with van der Waals surface area (Å²) < 4.78 is 10.7. The van der Waals surface area contributed by atoms with E-state index >= 15 is 0 Å². The van der Waals surface area contributed by atoms with Crippen LogP contribution in [0.4, 0.5) is 0 Å². The molecule has 0 saturated heterocycles. The molecule has 0 unspecified atom stereocenters. The van der Waals surface area contributed by atoms with Crippen LogP contribution in [0.5, 0.6) is 0 Å². The van der Waals surface area contributed by atoms with Gasteiger partial charge in [0.05, 0.1) is 18.1 Å². The van der Waals surface area contributed by atoms with E-state index in [4.69, 9.17) is 9.47 Å². The van der Waals surface area contributed by atoms with Gasteiger partial charge in [-0.25, -0.2) is 0 Å². The summed E-state index contributed by atoms with van der Waals surface area (Å²) in [6.45, 7) is 0. The predicted molar refractivity (Wildman–Crippen MR) is 94.8 cm³/mol. The lowest BCUT2D eigenvalue weighted by Gasteiger charge is -2.28. The SMILES string of the molecule is COC1CCCCC1.O=C(OC1CCC(O)CC1)C1CCCCC1. The third kappa shape index (κ3) is 7.10. The van der Waals surface area contributed by atoms with Gasteiger partial charge in [-0.15, -0.1) is 0 Å². The summed E-state index contributed by atoms with van der Waals surface area (Å²) in [5.41, 5.74) is 0. The lowest BCUT2D eigenvalue weighted by Crippen LogP contribution is -2.30. The highest BCUT2D eigenvalue weighted by Gasteiger charge is 2.27. The summed E-state index contributed by atoms with van der Waals surface area (Å²) in [7, 11) is 1.82. The Hall–Kier alpha value is -0.610. The van der Waals surface area contributed by atoms with E-state index in [1.165, 1.54) is 51.4 Å². The molecule has 0 aromatic rings. The van der Waals surface area contributed by atoms with Crippen molar-refractivity contribution in [2.24, 2.45) is 5.92 Å². The number of carbonyl (C=O) groups excluding carboxylic acids is 1. The van der Waals surface area contributed by atoms with Crippen molar-refractivity contribution >= 4 is 5.97 Å². The molecule has 0 aromatic heterocycles. The molecule has 0 heterocycles. The summed E-state index contributed by atoms with van der Waals surface area (Å²) in [6.07, 6.45) is 16.1. The number of ether oxygens (including phenoxy) is 2. The second-order valence-corrected chi connectivity index (χ2v) is 7.70. The van der Waals surface area contributed by atoms with Crippen molar-refractivity contribution in [3.63, 3.8) is 0 Å². The molecule has 1 N–H and O–H groups in total. The third-order valence-electron chi connectivity index (χ3n) is 5.75. The molecule has 3 saturated carbocycles. The van der Waals surface area contributed by atoms with Crippen LogP contribution in [0.25, 0.3) is 0 Å². The maximum absolute atomic E-state index is 11.9. The van der Waals surface area contributed by atoms with E-state index < -0.39 is 0 Å². The zero-order valence-electron chi connectivity index (χ0n) is 15.4. The van der Waals surface area contributed by atoms with Crippen molar-refractivity contribution in [2.45, 2.75) is 108 Å². The van der Waals surface area contributed by atoms with Crippen LogP contribution in [0.3, 0.4) is 0 Å². The topological polar surface area (TPSA) is 55.8 Å². The van der Waals surface area contributed by atoms with Crippen LogP contribution >= 0.6 is 0 Å². The van der Waals surface area contributed by atoms with Gasteiger partial charge in [0.1, 0.15) is 6.10 Å². The number of carbonyl (C=O) groups is 1. The van der Waals surface area contributed by atoms with Gasteiger partial charge in [0.15, 0.2) is 0 Å². The quantitative estimate of drug-likeness (QED) is 0.775. The van der Waals surface area contributed by atoms with Crippen LogP contribution in [0.15, 0.2) is 0 Å². The fraction of sp³-hybridized carbons (Fsp3) is 0.950. The van der Waals surface area contributed by atoms with E-state index in [0.717, 1.165) is 38.5 Å². The molecule has 0 spiro atoms. The van der Waals surface area contributed by atoms with Crippen LogP contribution in [-0.4, -0.2) is 36.5 Å². The molecule has 3 rings (SSSR count). The summed E-state index contributed by atoms with van der Waals surface area (Å²) in [6, 6.07) is 0. The normalized spacial score (nSPS) is 29.4. The molecular formula is C20H36O4. The van der Waals surface area contributed by atoms with E-state index in [9.17, 15) is 9.90 Å². The maximum Gasteiger partial charge on any atom is 0.309 e. The van der Waals surface area contributed by atoms with Gasteiger partial charge in [0, 0.05) is 7.11 Å². The minimum absolute atomic E-state index is 0.0149. The molecule has 3 fully saturated rings. The number of aliphatic hydroxyl groups excluding tert-OH is 1. The second kappa shape index (κ2) is 11.1. The van der Waals surface area contributed by atoms with Gasteiger partial charge in [0.25, 0.3) is 0 Å². The molecule has 3 aliphatic rings. The molecule has 3 aliphatic carbocycles. The van der Waals surface area contributed by atoms with Crippen LogP contribution in [0, 0.1) is 5.92 Å². The largest absolute Gasteiger partial charge is 0.462 e. The number of hydrogen-bond acceptors (Lipinski definition) is 4. The highest BCUT2D eigenvalue weighted by atomic mass is 16.5. The first-order valence-electron chi connectivity index (χ1n) is 10.1. The Bertz CT molecular complexity index is 338. The molecule has 0 aliphatic heterocycles. The van der Waals surface area contributed by atoms with Crippen LogP contribution in [0.2, 0.25) is 0 Å². The highest BCUT2D eigenvalue weighted by molar-refractivity contribution is 5.72. The lowest BCUT2D eigenvalue weighted by molar-refractivity contribution is -0.157. The fourth-order valence-electron chi connectivity index (χ4n) is 4.06. The van der Waals surface area contributed by atoms with Crippen LogP contribution < -0.4 is 0 Å². The summed E-state index contributed by atoms with van der Waals surface area (Å²) in [4.78, 5) is 11.9. The Morgan fingerprint density at radius 3 is 1.79 bits per heavy atom. The predicted octanol–water partition coefficient (Wildman–Crippen LogP) is 4.38. The average Bonchev–Trinajstić information content (AvgIpc) is 2.65. The summed E-state index contributed by atoms with van der Waals surface area (Å²) in [5.74, 6) is 0.168. The molecule has 0 radical (unpaired) electrons. The van der Waals surface area contributed by atoms with Crippen LogP contribution in [0.1, 0.15) is 89.9 Å². The standard InChI is InChI=1S/C13H22O3.C7H14O/c14-11-6-8-12(9-7-11)16-13(15)10-4-2-1-3-5-10;1-8-7-5-3-2-4-6-7/h10-12,14H,1-9H2;7H,2-6H2,1H3. The lowest BCUT2D eigenvalue weighted by atomic mass is 9.89. The second-order valence-electron chi connectivity index (χ2n) is 7.70. The third-order valence-corrected chi connectivity index (χ3v) is 5.75. The Morgan fingerprint density at radius 2 is 1.29 bits per heavy atom. The van der Waals surface area contributed by atoms with Crippen LogP contribution in [-0.2, 0) is 14.3 Å². The minimum atomic E-state index is -0.176. The van der Waals surface area contributed by atoms with Crippen molar-refractivity contribution in [2.75, 3.05) is 7.11 Å².